The predicted molar refractivity (Wildman–Crippen MR) is 165 cm³/mol. The van der Waals surface area contributed by atoms with E-state index in [2.05, 4.69) is 16.1 Å². The Kier molecular flexibility index (Phi) is 11.3. The van der Waals surface area contributed by atoms with Crippen LogP contribution in [0.15, 0.2) is 36.4 Å². The maximum absolute atomic E-state index is 13.2. The van der Waals surface area contributed by atoms with Crippen LogP contribution in [0.4, 0.5) is 0 Å². The van der Waals surface area contributed by atoms with Crippen molar-refractivity contribution in [2.24, 2.45) is 11.3 Å². The number of ether oxygens (including phenoxy) is 2. The van der Waals surface area contributed by atoms with E-state index < -0.39 is 47.4 Å². The van der Waals surface area contributed by atoms with Gasteiger partial charge in [-0.3, -0.25) is 29.2 Å². The lowest BCUT2D eigenvalue weighted by atomic mass is 9.89. The molecule has 13 heteroatoms. The number of nitrogens with one attached hydrogen (secondary N) is 3. The normalized spacial score (nSPS) is 20.8. The van der Waals surface area contributed by atoms with E-state index in [0.717, 1.165) is 10.9 Å². The lowest BCUT2D eigenvalue weighted by Gasteiger charge is -2.35. The van der Waals surface area contributed by atoms with Gasteiger partial charge in [0.1, 0.15) is 23.6 Å². The van der Waals surface area contributed by atoms with Gasteiger partial charge in [-0.1, -0.05) is 44.2 Å². The first-order valence-electron chi connectivity index (χ1n) is 15.3. The Labute approximate surface area is 262 Å². The monoisotopic (exact) mass is 625 g/mol. The summed E-state index contributed by atoms with van der Waals surface area (Å²) in [6.45, 7) is 7.88. The van der Waals surface area contributed by atoms with Gasteiger partial charge in [-0.15, -0.1) is 0 Å². The molecule has 4 rings (SSSR count). The molecule has 2 aliphatic rings. The average Bonchev–Trinajstić information content (AvgIpc) is 3.29. The lowest BCUT2D eigenvalue weighted by Crippen LogP contribution is -2.61. The second kappa shape index (κ2) is 14.9. The zero-order valence-corrected chi connectivity index (χ0v) is 26.1. The minimum atomic E-state index is -1.28. The van der Waals surface area contributed by atoms with E-state index in [1.165, 1.54) is 11.9 Å². The molecule has 4 atom stereocenters. The van der Waals surface area contributed by atoms with Gasteiger partial charge in [-0.05, 0) is 50.3 Å². The van der Waals surface area contributed by atoms with E-state index >= 15 is 0 Å². The highest BCUT2D eigenvalue weighted by molar-refractivity contribution is 5.90. The average molecular weight is 626 g/mol. The molecule has 1 aromatic heterocycles. The third-order valence-corrected chi connectivity index (χ3v) is 8.05. The molecule has 45 heavy (non-hydrogen) atoms. The van der Waals surface area contributed by atoms with E-state index in [9.17, 15) is 29.4 Å². The number of aliphatic hydroxyl groups excluding tert-OH is 1. The van der Waals surface area contributed by atoms with E-state index in [4.69, 9.17) is 14.5 Å². The van der Waals surface area contributed by atoms with E-state index in [0.29, 0.717) is 43.8 Å². The molecule has 2 aliphatic heterocycles. The molecule has 0 radical (unpaired) electrons. The fourth-order valence-electron chi connectivity index (χ4n) is 5.13. The summed E-state index contributed by atoms with van der Waals surface area (Å²) in [4.78, 5) is 55.2. The van der Waals surface area contributed by atoms with Crippen LogP contribution in [0.1, 0.15) is 57.8 Å². The molecule has 0 unspecified atom stereocenters. The van der Waals surface area contributed by atoms with Crippen molar-refractivity contribution in [3.8, 4) is 0 Å². The summed E-state index contributed by atoms with van der Waals surface area (Å²) in [7, 11) is 0. The van der Waals surface area contributed by atoms with Crippen molar-refractivity contribution in [1.29, 1.82) is 0 Å². The fourth-order valence-corrected chi connectivity index (χ4v) is 5.13. The molecule has 13 nitrogen and oxygen atoms in total. The second-order valence-electron chi connectivity index (χ2n) is 12.1. The maximum Gasteiger partial charge on any atom is 0.318 e. The number of carbonyl (C=O) groups is 4. The number of carboxylic acid groups (broad SMARTS) is 1. The first-order valence-corrected chi connectivity index (χ1v) is 15.3. The first-order chi connectivity index (χ1) is 21.4. The summed E-state index contributed by atoms with van der Waals surface area (Å²) in [5.41, 5.74) is 3.77. The summed E-state index contributed by atoms with van der Waals surface area (Å²) in [5, 5.41) is 27.6. The molecule has 3 heterocycles. The topological polar surface area (TPSA) is 179 Å². The van der Waals surface area contributed by atoms with Crippen LogP contribution in [0.25, 0.3) is 17.0 Å². The Bertz CT molecular complexity index is 1420. The van der Waals surface area contributed by atoms with Crippen molar-refractivity contribution in [2.45, 2.75) is 64.8 Å². The number of benzene rings is 1. The second-order valence-corrected chi connectivity index (χ2v) is 12.1. The van der Waals surface area contributed by atoms with Crippen LogP contribution in [0.5, 0.6) is 0 Å². The SMILES string of the molecule is CC(C)[C@H](O)C(=O)N[C@@H](C)C(=O)N1CCC[C@@H](C(=O)N[C@H](C)c2ccc3ccc(/C=C/C4(C(=O)O)COCCOC4)cc3n2)N1. The van der Waals surface area contributed by atoms with Crippen molar-refractivity contribution < 1.29 is 38.9 Å². The van der Waals surface area contributed by atoms with Gasteiger partial charge in [0, 0.05) is 11.9 Å². The minimum Gasteiger partial charge on any atom is -0.480 e. The Morgan fingerprint density at radius 3 is 2.42 bits per heavy atom. The summed E-state index contributed by atoms with van der Waals surface area (Å²) < 4.78 is 10.9. The van der Waals surface area contributed by atoms with Crippen LogP contribution >= 0.6 is 0 Å². The summed E-state index contributed by atoms with van der Waals surface area (Å²) >= 11 is 0. The smallest absolute Gasteiger partial charge is 0.318 e. The third kappa shape index (κ3) is 8.42. The summed E-state index contributed by atoms with van der Waals surface area (Å²) in [6.07, 6.45) is 3.22. The molecule has 0 aliphatic carbocycles. The number of aliphatic carboxylic acids is 1. The largest absolute Gasteiger partial charge is 0.480 e. The van der Waals surface area contributed by atoms with Gasteiger partial charge >= 0.3 is 5.97 Å². The predicted octanol–water partition coefficient (Wildman–Crippen LogP) is 1.56. The van der Waals surface area contributed by atoms with Crippen LogP contribution in [-0.4, -0.2) is 95.1 Å². The Hall–Kier alpha value is -3.91. The molecule has 0 saturated carbocycles. The van der Waals surface area contributed by atoms with Crippen LogP contribution in [-0.2, 0) is 28.7 Å². The van der Waals surface area contributed by atoms with Crippen LogP contribution in [0.2, 0.25) is 0 Å². The van der Waals surface area contributed by atoms with Crippen molar-refractivity contribution in [3.63, 3.8) is 0 Å². The lowest BCUT2D eigenvalue weighted by molar-refractivity contribution is -0.150. The number of fused-ring (bicyclic) bond motifs is 1. The number of aliphatic hydroxyl groups is 1. The molecular formula is C32H43N5O8. The van der Waals surface area contributed by atoms with Crippen molar-refractivity contribution in [3.05, 3.63) is 47.7 Å². The molecule has 244 valence electrons. The molecule has 5 N–H and O–H groups in total. The van der Waals surface area contributed by atoms with Gasteiger partial charge in [0.05, 0.1) is 43.7 Å². The van der Waals surface area contributed by atoms with Gasteiger partial charge in [0.25, 0.3) is 5.91 Å². The Morgan fingerprint density at radius 2 is 1.76 bits per heavy atom. The Balaban J connectivity index is 1.39. The van der Waals surface area contributed by atoms with Gasteiger partial charge < -0.3 is 30.3 Å². The number of nitrogens with zero attached hydrogens (tertiary/aromatic N) is 2. The van der Waals surface area contributed by atoms with Crippen molar-refractivity contribution in [2.75, 3.05) is 33.0 Å². The molecule has 0 bridgehead atoms. The first kappa shape index (κ1) is 34.0. The number of carboxylic acids is 1. The third-order valence-electron chi connectivity index (χ3n) is 8.05. The van der Waals surface area contributed by atoms with Gasteiger partial charge in [-0.25, -0.2) is 5.43 Å². The highest BCUT2D eigenvalue weighted by Crippen LogP contribution is 2.26. The quantitative estimate of drug-likeness (QED) is 0.260. The summed E-state index contributed by atoms with van der Waals surface area (Å²) in [6, 6.07) is 7.37. The molecule has 2 aromatic rings. The van der Waals surface area contributed by atoms with Gasteiger partial charge in [0.2, 0.25) is 11.8 Å². The van der Waals surface area contributed by atoms with Crippen molar-refractivity contribution >= 4 is 40.7 Å². The highest BCUT2D eigenvalue weighted by atomic mass is 16.5. The van der Waals surface area contributed by atoms with E-state index in [-0.39, 0.29) is 25.0 Å². The summed E-state index contributed by atoms with van der Waals surface area (Å²) in [5.74, 6) is -2.63. The zero-order valence-electron chi connectivity index (χ0n) is 26.1. The number of hydrogen-bond acceptors (Lipinski definition) is 9. The minimum absolute atomic E-state index is 0.0197. The number of aromatic nitrogens is 1. The number of hydrazine groups is 1. The molecule has 3 amide bonds. The molecule has 2 saturated heterocycles. The van der Waals surface area contributed by atoms with Crippen LogP contribution < -0.4 is 16.1 Å². The molecule has 2 fully saturated rings. The maximum atomic E-state index is 13.2. The number of pyridine rings is 1. The van der Waals surface area contributed by atoms with Crippen molar-refractivity contribution in [1.82, 2.24) is 26.1 Å². The standard InChI is InChI=1S/C32H43N5O8/c1-19(2)27(38)29(40)34-21(4)30(41)37-13-5-6-25(36-37)28(39)33-20(3)24-10-9-23-8-7-22(16-26(23)35-24)11-12-32(31(42)43)17-44-14-15-45-18-32/h7-12,16,19-21,25,27,36,38H,5-6,13-15,17-18H2,1-4H3,(H,33,39)(H,34,40)(H,42,43)/b12-11+/t20-,21+,25+,27+/m1/s1. The molecule has 1 aromatic carbocycles. The van der Waals surface area contributed by atoms with E-state index in [1.807, 2.05) is 37.3 Å². The number of amides is 3. The zero-order chi connectivity index (χ0) is 32.7. The molecular weight excluding hydrogens is 582 g/mol. The number of rotatable bonds is 10. The Morgan fingerprint density at radius 1 is 1.07 bits per heavy atom. The fraction of sp³-hybridized carbons (Fsp3) is 0.531. The highest BCUT2D eigenvalue weighted by Gasteiger charge is 2.38. The number of hydrogen-bond donors (Lipinski definition) is 5. The van der Waals surface area contributed by atoms with Crippen LogP contribution in [0.3, 0.4) is 0 Å². The number of carbonyl (C=O) groups excluding carboxylic acids is 3. The van der Waals surface area contributed by atoms with Gasteiger partial charge in [0.15, 0.2) is 0 Å². The van der Waals surface area contributed by atoms with Gasteiger partial charge in [-0.2, -0.15) is 0 Å². The van der Waals surface area contributed by atoms with Crippen LogP contribution in [0, 0.1) is 11.3 Å². The molecule has 0 spiro atoms. The van der Waals surface area contributed by atoms with E-state index in [1.54, 1.807) is 26.0 Å².